The Balaban J connectivity index is 1.59. The summed E-state index contributed by atoms with van der Waals surface area (Å²) >= 11 is 0. The molecule has 0 aromatic heterocycles. The molecular formula is C26H28N2O4S. The number of nitrogens with zero attached hydrogens (tertiary/aromatic N) is 2. The minimum atomic E-state index is -3.71. The van der Waals surface area contributed by atoms with Gasteiger partial charge in [-0.25, -0.2) is 0 Å². The van der Waals surface area contributed by atoms with E-state index in [1.54, 1.807) is 22.8 Å². The maximum Gasteiger partial charge on any atom is 0.283 e. The Kier molecular flexibility index (Phi) is 5.86. The standard InChI is InChI=1S/C26H28N2O4S/c1-31-24-16-21-13-15-28(26(20-9-4-3-5-10-20)23(21)17-25(24)32-2)33(29,30)27-14-12-19-8-6-7-11-22(19)18-27/h3-11,16-17,26H,12-15,18H2,1-2H3/t26-/m1/s1. The van der Waals surface area contributed by atoms with E-state index in [1.807, 2.05) is 60.7 Å². The van der Waals surface area contributed by atoms with E-state index in [0.717, 1.165) is 28.7 Å². The van der Waals surface area contributed by atoms with Crippen molar-refractivity contribution in [1.29, 1.82) is 0 Å². The van der Waals surface area contributed by atoms with Crippen LogP contribution in [0.4, 0.5) is 0 Å². The number of hydrogen-bond donors (Lipinski definition) is 0. The molecule has 33 heavy (non-hydrogen) atoms. The van der Waals surface area contributed by atoms with Gasteiger partial charge in [0.2, 0.25) is 0 Å². The summed E-state index contributed by atoms with van der Waals surface area (Å²) in [5, 5.41) is 0. The van der Waals surface area contributed by atoms with Gasteiger partial charge in [-0.1, -0.05) is 54.6 Å². The minimum Gasteiger partial charge on any atom is -0.493 e. The van der Waals surface area contributed by atoms with Crippen LogP contribution in [0.3, 0.4) is 0 Å². The van der Waals surface area contributed by atoms with Crippen molar-refractivity contribution in [2.75, 3.05) is 27.3 Å². The molecule has 172 valence electrons. The quantitative estimate of drug-likeness (QED) is 0.574. The van der Waals surface area contributed by atoms with Crippen LogP contribution in [0.2, 0.25) is 0 Å². The Hall–Kier alpha value is -2.87. The van der Waals surface area contributed by atoms with Crippen molar-refractivity contribution in [3.05, 3.63) is 94.5 Å². The van der Waals surface area contributed by atoms with Crippen molar-refractivity contribution < 1.29 is 17.9 Å². The van der Waals surface area contributed by atoms with Crippen LogP contribution < -0.4 is 9.47 Å². The third kappa shape index (κ3) is 3.90. The molecule has 7 heteroatoms. The topological polar surface area (TPSA) is 59.1 Å². The van der Waals surface area contributed by atoms with Gasteiger partial charge in [-0.15, -0.1) is 0 Å². The van der Waals surface area contributed by atoms with Crippen LogP contribution in [-0.2, 0) is 29.6 Å². The molecule has 0 radical (unpaired) electrons. The number of ether oxygens (including phenoxy) is 2. The molecule has 0 saturated carbocycles. The lowest BCUT2D eigenvalue weighted by molar-refractivity contribution is 0.287. The summed E-state index contributed by atoms with van der Waals surface area (Å²) in [6.07, 6.45) is 1.34. The molecule has 2 aliphatic rings. The van der Waals surface area contributed by atoms with E-state index >= 15 is 0 Å². The molecule has 0 aliphatic carbocycles. The number of hydrogen-bond acceptors (Lipinski definition) is 4. The molecule has 0 unspecified atom stereocenters. The van der Waals surface area contributed by atoms with Crippen LogP contribution in [0.5, 0.6) is 11.5 Å². The van der Waals surface area contributed by atoms with Gasteiger partial charge in [-0.2, -0.15) is 17.0 Å². The molecule has 0 saturated heterocycles. The Labute approximate surface area is 195 Å². The molecule has 2 heterocycles. The Bertz CT molecular complexity index is 1260. The van der Waals surface area contributed by atoms with Gasteiger partial charge in [0, 0.05) is 19.6 Å². The monoisotopic (exact) mass is 464 g/mol. The van der Waals surface area contributed by atoms with Crippen LogP contribution in [0.25, 0.3) is 0 Å². The summed E-state index contributed by atoms with van der Waals surface area (Å²) in [4.78, 5) is 0. The highest BCUT2D eigenvalue weighted by atomic mass is 32.2. The van der Waals surface area contributed by atoms with Crippen LogP contribution >= 0.6 is 0 Å². The van der Waals surface area contributed by atoms with Crippen LogP contribution in [0, 0.1) is 0 Å². The van der Waals surface area contributed by atoms with E-state index in [2.05, 4.69) is 6.07 Å². The van der Waals surface area contributed by atoms with Gasteiger partial charge in [0.15, 0.2) is 11.5 Å². The van der Waals surface area contributed by atoms with E-state index in [0.29, 0.717) is 37.6 Å². The van der Waals surface area contributed by atoms with Gasteiger partial charge in [-0.3, -0.25) is 0 Å². The summed E-state index contributed by atoms with van der Waals surface area (Å²) in [6.45, 7) is 1.29. The summed E-state index contributed by atoms with van der Waals surface area (Å²) in [6, 6.07) is 21.4. The zero-order chi connectivity index (χ0) is 23.0. The van der Waals surface area contributed by atoms with Crippen molar-refractivity contribution in [3.63, 3.8) is 0 Å². The predicted octanol–water partition coefficient (Wildman–Crippen LogP) is 3.95. The minimum absolute atomic E-state index is 0.398. The van der Waals surface area contributed by atoms with Gasteiger partial charge < -0.3 is 9.47 Å². The summed E-state index contributed by atoms with van der Waals surface area (Å²) in [7, 11) is -0.489. The van der Waals surface area contributed by atoms with Gasteiger partial charge in [0.25, 0.3) is 10.2 Å². The molecule has 3 aromatic carbocycles. The molecule has 0 spiro atoms. The molecule has 6 nitrogen and oxygen atoms in total. The molecule has 0 bridgehead atoms. The first-order valence-electron chi connectivity index (χ1n) is 11.2. The summed E-state index contributed by atoms with van der Waals surface area (Å²) in [5.74, 6) is 1.26. The number of rotatable bonds is 5. The molecular weight excluding hydrogens is 436 g/mol. The third-order valence-electron chi connectivity index (χ3n) is 6.66. The first-order valence-corrected chi connectivity index (χ1v) is 12.6. The van der Waals surface area contributed by atoms with Crippen LogP contribution in [0.1, 0.15) is 33.9 Å². The van der Waals surface area contributed by atoms with Crippen molar-refractivity contribution in [3.8, 4) is 11.5 Å². The van der Waals surface area contributed by atoms with Gasteiger partial charge >= 0.3 is 0 Å². The smallest absolute Gasteiger partial charge is 0.283 e. The molecule has 0 fully saturated rings. The summed E-state index contributed by atoms with van der Waals surface area (Å²) in [5.41, 5.74) is 5.26. The fourth-order valence-electron chi connectivity index (χ4n) is 4.97. The van der Waals surface area contributed by atoms with Crippen LogP contribution in [0.15, 0.2) is 66.7 Å². The van der Waals surface area contributed by atoms with Crippen molar-refractivity contribution in [1.82, 2.24) is 8.61 Å². The molecule has 0 N–H and O–H groups in total. The number of methoxy groups -OCH3 is 2. The Morgan fingerprint density at radius 1 is 0.788 bits per heavy atom. The maximum atomic E-state index is 14.0. The average molecular weight is 465 g/mol. The normalized spacial score (nSPS) is 18.9. The van der Waals surface area contributed by atoms with Gasteiger partial charge in [-0.05, 0) is 52.8 Å². The predicted molar refractivity (Wildman–Crippen MR) is 128 cm³/mol. The fourth-order valence-corrected chi connectivity index (χ4v) is 6.71. The molecule has 2 aliphatic heterocycles. The SMILES string of the molecule is COc1cc2c(cc1OC)[C@@H](c1ccccc1)N(S(=O)(=O)N1CCc3ccccc3C1)CC2. The van der Waals surface area contributed by atoms with E-state index in [9.17, 15) is 8.42 Å². The maximum absolute atomic E-state index is 14.0. The lowest BCUT2D eigenvalue weighted by Crippen LogP contribution is -2.49. The van der Waals surface area contributed by atoms with Crippen molar-refractivity contribution in [2.24, 2.45) is 0 Å². The average Bonchev–Trinajstić information content (AvgIpc) is 2.87. The zero-order valence-electron chi connectivity index (χ0n) is 18.9. The first kappa shape index (κ1) is 21.9. The summed E-state index contributed by atoms with van der Waals surface area (Å²) < 4.78 is 42.4. The van der Waals surface area contributed by atoms with E-state index in [-0.39, 0.29) is 0 Å². The van der Waals surface area contributed by atoms with Gasteiger partial charge in [0.1, 0.15) is 0 Å². The molecule has 5 rings (SSSR count). The highest BCUT2D eigenvalue weighted by molar-refractivity contribution is 7.86. The number of fused-ring (bicyclic) bond motifs is 2. The van der Waals surface area contributed by atoms with Crippen molar-refractivity contribution in [2.45, 2.75) is 25.4 Å². The van der Waals surface area contributed by atoms with Crippen LogP contribution in [-0.4, -0.2) is 44.3 Å². The highest BCUT2D eigenvalue weighted by Crippen LogP contribution is 2.42. The highest BCUT2D eigenvalue weighted by Gasteiger charge is 2.41. The second-order valence-electron chi connectivity index (χ2n) is 8.44. The second kappa shape index (κ2) is 8.82. The lowest BCUT2D eigenvalue weighted by atomic mass is 9.89. The van der Waals surface area contributed by atoms with Gasteiger partial charge in [0.05, 0.1) is 20.3 Å². The number of benzene rings is 3. The molecule has 3 aromatic rings. The fraction of sp³-hybridized carbons (Fsp3) is 0.308. The third-order valence-corrected chi connectivity index (χ3v) is 8.61. The molecule has 1 atom stereocenters. The first-order chi connectivity index (χ1) is 16.0. The Morgan fingerprint density at radius 2 is 1.42 bits per heavy atom. The Morgan fingerprint density at radius 3 is 2.15 bits per heavy atom. The van der Waals surface area contributed by atoms with E-state index in [4.69, 9.17) is 9.47 Å². The molecule has 0 amide bonds. The zero-order valence-corrected chi connectivity index (χ0v) is 19.7. The largest absolute Gasteiger partial charge is 0.493 e. The second-order valence-corrected chi connectivity index (χ2v) is 10.3. The van der Waals surface area contributed by atoms with E-state index in [1.165, 1.54) is 5.56 Å². The lowest BCUT2D eigenvalue weighted by Gasteiger charge is -2.40. The van der Waals surface area contributed by atoms with Crippen molar-refractivity contribution >= 4 is 10.2 Å². The van der Waals surface area contributed by atoms with E-state index < -0.39 is 16.3 Å².